The average molecular weight is 280 g/mol. The molecule has 0 aliphatic heterocycles. The first kappa shape index (κ1) is 13.4. The summed E-state index contributed by atoms with van der Waals surface area (Å²) in [6, 6.07) is 4.10. The Morgan fingerprint density at radius 2 is 2.32 bits per heavy atom. The molecular weight excluding hydrogens is 267 g/mol. The molecule has 0 spiro atoms. The van der Waals surface area contributed by atoms with Gasteiger partial charge in [0.2, 0.25) is 11.0 Å². The highest BCUT2D eigenvalue weighted by Gasteiger charge is 2.11. The van der Waals surface area contributed by atoms with Crippen molar-refractivity contribution in [1.82, 2.24) is 10.3 Å². The predicted octanol–water partition coefficient (Wildman–Crippen LogP) is 3.38. The lowest BCUT2D eigenvalue weighted by Crippen LogP contribution is -2.19. The van der Waals surface area contributed by atoms with Crippen molar-refractivity contribution in [2.45, 2.75) is 13.3 Å². The largest absolute Gasteiger partial charge is 0.493 e. The van der Waals surface area contributed by atoms with Gasteiger partial charge in [0.15, 0.2) is 5.69 Å². The first-order chi connectivity index (χ1) is 9.11. The number of aromatic hydroxyl groups is 1. The number of aromatic nitrogens is 1. The third-order valence-corrected chi connectivity index (χ3v) is 2.71. The number of H-pyrrole nitrogens is 1. The second-order valence-corrected chi connectivity index (χ2v) is 4.33. The van der Waals surface area contributed by atoms with E-state index >= 15 is 0 Å². The molecule has 0 unspecified atom stereocenters. The van der Waals surface area contributed by atoms with E-state index in [4.69, 9.17) is 12.2 Å². The smallest absolute Gasteiger partial charge is 0.218 e. The molecule has 0 aliphatic rings. The van der Waals surface area contributed by atoms with Gasteiger partial charge in [-0.1, -0.05) is 6.92 Å². The SMILES string of the molecule is CCCNC(=S)N=Nc1c(O)[nH]c2ccc(F)cc12. The number of nitrogens with one attached hydrogen (secondary N) is 2. The maximum Gasteiger partial charge on any atom is 0.218 e. The van der Waals surface area contributed by atoms with E-state index in [-0.39, 0.29) is 16.7 Å². The van der Waals surface area contributed by atoms with Crippen LogP contribution in [-0.4, -0.2) is 21.7 Å². The standard InChI is InChI=1S/C12H13FN4OS/c1-2-5-14-12(19)17-16-10-8-6-7(13)3-4-9(8)15-11(10)18/h3-4,6,15,18H,2,5H2,1H3,(H,14,19). The molecule has 7 heteroatoms. The van der Waals surface area contributed by atoms with E-state index in [1.165, 1.54) is 18.2 Å². The summed E-state index contributed by atoms with van der Waals surface area (Å²) in [5.74, 6) is -0.572. The fraction of sp³-hybridized carbons (Fsp3) is 0.250. The van der Waals surface area contributed by atoms with Crippen molar-refractivity contribution < 1.29 is 9.50 Å². The van der Waals surface area contributed by atoms with Gasteiger partial charge in [0.1, 0.15) is 5.82 Å². The van der Waals surface area contributed by atoms with Crippen LogP contribution in [0.3, 0.4) is 0 Å². The van der Waals surface area contributed by atoms with E-state index in [9.17, 15) is 9.50 Å². The second-order valence-electron chi connectivity index (χ2n) is 3.94. The van der Waals surface area contributed by atoms with Gasteiger partial charge < -0.3 is 15.4 Å². The first-order valence-electron chi connectivity index (χ1n) is 5.81. The van der Waals surface area contributed by atoms with E-state index in [1.807, 2.05) is 6.92 Å². The summed E-state index contributed by atoms with van der Waals surface area (Å²) < 4.78 is 13.2. The highest BCUT2D eigenvalue weighted by Crippen LogP contribution is 2.35. The van der Waals surface area contributed by atoms with Crippen LogP contribution in [0.1, 0.15) is 13.3 Å². The van der Waals surface area contributed by atoms with E-state index < -0.39 is 5.82 Å². The molecule has 0 saturated carbocycles. The van der Waals surface area contributed by atoms with Gasteiger partial charge in [-0.25, -0.2) is 4.39 Å². The summed E-state index contributed by atoms with van der Waals surface area (Å²) in [4.78, 5) is 2.69. The van der Waals surface area contributed by atoms with Gasteiger partial charge in [0, 0.05) is 11.9 Å². The molecule has 2 rings (SSSR count). The van der Waals surface area contributed by atoms with Crippen LogP contribution < -0.4 is 5.32 Å². The monoisotopic (exact) mass is 280 g/mol. The minimum absolute atomic E-state index is 0.164. The lowest BCUT2D eigenvalue weighted by molar-refractivity contribution is 0.459. The molecule has 0 aliphatic carbocycles. The Bertz CT molecular complexity index is 638. The van der Waals surface area contributed by atoms with Gasteiger partial charge in [-0.15, -0.1) is 10.2 Å². The minimum Gasteiger partial charge on any atom is -0.493 e. The van der Waals surface area contributed by atoms with E-state index in [1.54, 1.807) is 0 Å². The fourth-order valence-corrected chi connectivity index (χ4v) is 1.74. The summed E-state index contributed by atoms with van der Waals surface area (Å²) in [7, 11) is 0. The van der Waals surface area contributed by atoms with Crippen molar-refractivity contribution in [2.75, 3.05) is 6.54 Å². The Hall–Kier alpha value is -2.02. The van der Waals surface area contributed by atoms with E-state index in [0.717, 1.165) is 6.42 Å². The summed E-state index contributed by atoms with van der Waals surface area (Å²) in [6.07, 6.45) is 0.916. The van der Waals surface area contributed by atoms with Gasteiger partial charge in [0.25, 0.3) is 0 Å². The average Bonchev–Trinajstić information content (AvgIpc) is 2.69. The van der Waals surface area contributed by atoms with Crippen molar-refractivity contribution in [3.8, 4) is 5.88 Å². The van der Waals surface area contributed by atoms with Crippen LogP contribution in [0.4, 0.5) is 10.1 Å². The van der Waals surface area contributed by atoms with Crippen LogP contribution in [-0.2, 0) is 0 Å². The molecule has 1 aromatic heterocycles. The van der Waals surface area contributed by atoms with Gasteiger partial charge in [-0.05, 0) is 36.8 Å². The number of fused-ring (bicyclic) bond motifs is 1. The van der Waals surface area contributed by atoms with E-state index in [0.29, 0.717) is 17.4 Å². The van der Waals surface area contributed by atoms with Crippen LogP contribution in [0.2, 0.25) is 0 Å². The Balaban J connectivity index is 2.29. The van der Waals surface area contributed by atoms with E-state index in [2.05, 4.69) is 20.5 Å². The molecular formula is C12H13FN4OS. The number of azo groups is 1. The normalized spacial score (nSPS) is 11.3. The zero-order valence-electron chi connectivity index (χ0n) is 10.3. The number of halogens is 1. The third-order valence-electron chi connectivity index (χ3n) is 2.48. The Morgan fingerprint density at radius 1 is 1.53 bits per heavy atom. The number of nitrogens with zero attached hydrogens (tertiary/aromatic N) is 2. The van der Waals surface area contributed by atoms with Gasteiger partial charge in [-0.3, -0.25) is 0 Å². The Kier molecular flexibility index (Phi) is 4.06. The minimum atomic E-state index is -0.408. The number of hydrogen-bond acceptors (Lipinski definition) is 3. The number of hydrogen-bond donors (Lipinski definition) is 3. The predicted molar refractivity (Wildman–Crippen MR) is 75.3 cm³/mol. The summed E-state index contributed by atoms with van der Waals surface area (Å²) in [5, 5.41) is 20.9. The Morgan fingerprint density at radius 3 is 3.05 bits per heavy atom. The molecule has 0 bridgehead atoms. The maximum atomic E-state index is 13.2. The zero-order chi connectivity index (χ0) is 13.8. The van der Waals surface area contributed by atoms with Gasteiger partial charge >= 0.3 is 0 Å². The molecule has 0 radical (unpaired) electrons. The summed E-state index contributed by atoms with van der Waals surface area (Å²) in [5.41, 5.74) is 0.760. The van der Waals surface area contributed by atoms with Crippen LogP contribution in [0.15, 0.2) is 28.4 Å². The molecule has 100 valence electrons. The van der Waals surface area contributed by atoms with Crippen molar-refractivity contribution in [3.63, 3.8) is 0 Å². The van der Waals surface area contributed by atoms with Crippen molar-refractivity contribution in [2.24, 2.45) is 10.2 Å². The molecule has 0 saturated heterocycles. The lowest BCUT2D eigenvalue weighted by Gasteiger charge is -1.98. The van der Waals surface area contributed by atoms with Gasteiger partial charge in [0.05, 0.1) is 5.52 Å². The molecule has 2 aromatic rings. The summed E-state index contributed by atoms with van der Waals surface area (Å²) >= 11 is 4.95. The summed E-state index contributed by atoms with van der Waals surface area (Å²) in [6.45, 7) is 2.70. The number of thiocarbonyl (C=S) groups is 1. The zero-order valence-corrected chi connectivity index (χ0v) is 11.1. The number of benzene rings is 1. The molecule has 1 aromatic carbocycles. The molecule has 0 amide bonds. The maximum absolute atomic E-state index is 13.2. The van der Waals surface area contributed by atoms with Gasteiger partial charge in [-0.2, -0.15) is 0 Å². The molecule has 0 atom stereocenters. The third kappa shape index (κ3) is 3.05. The number of aromatic amines is 1. The van der Waals surface area contributed by atoms with Crippen molar-refractivity contribution >= 4 is 33.9 Å². The topological polar surface area (TPSA) is 72.8 Å². The fourth-order valence-electron chi connectivity index (χ4n) is 1.60. The molecule has 3 N–H and O–H groups in total. The van der Waals surface area contributed by atoms with Crippen molar-refractivity contribution in [3.05, 3.63) is 24.0 Å². The lowest BCUT2D eigenvalue weighted by atomic mass is 10.2. The van der Waals surface area contributed by atoms with Crippen LogP contribution >= 0.6 is 12.2 Å². The quantitative estimate of drug-likeness (QED) is 0.596. The highest BCUT2D eigenvalue weighted by atomic mass is 32.1. The number of rotatable bonds is 3. The van der Waals surface area contributed by atoms with Crippen LogP contribution in [0.5, 0.6) is 5.88 Å². The van der Waals surface area contributed by atoms with Crippen LogP contribution in [0, 0.1) is 5.82 Å². The molecule has 0 fully saturated rings. The Labute approximate surface area is 114 Å². The first-order valence-corrected chi connectivity index (χ1v) is 6.22. The molecule has 1 heterocycles. The van der Waals surface area contributed by atoms with Crippen LogP contribution in [0.25, 0.3) is 10.9 Å². The molecule has 19 heavy (non-hydrogen) atoms. The molecule has 5 nitrogen and oxygen atoms in total. The highest BCUT2D eigenvalue weighted by molar-refractivity contribution is 7.80. The van der Waals surface area contributed by atoms with Crippen molar-refractivity contribution in [1.29, 1.82) is 0 Å². The second kappa shape index (κ2) is 5.75.